The lowest BCUT2D eigenvalue weighted by Crippen LogP contribution is -2.00. The fourth-order valence-corrected chi connectivity index (χ4v) is 1.26. The second-order valence-electron chi connectivity index (χ2n) is 4.14. The molecule has 0 fully saturated rings. The van der Waals surface area contributed by atoms with Gasteiger partial charge in [-0.25, -0.2) is 0 Å². The predicted molar refractivity (Wildman–Crippen MR) is 80.0 cm³/mol. The molecule has 0 unspecified atom stereocenters. The van der Waals surface area contributed by atoms with Gasteiger partial charge in [0.1, 0.15) is 0 Å². The highest BCUT2D eigenvalue weighted by Gasteiger charge is 2.08. The first kappa shape index (κ1) is 16.9. The van der Waals surface area contributed by atoms with Crippen LogP contribution in [0.2, 0.25) is 0 Å². The predicted octanol–water partition coefficient (Wildman–Crippen LogP) is 4.11. The van der Waals surface area contributed by atoms with E-state index in [1.807, 2.05) is 32.9 Å². The molecule has 0 aromatic heterocycles. The van der Waals surface area contributed by atoms with Crippen molar-refractivity contribution < 1.29 is 4.79 Å². The molecule has 0 saturated carbocycles. The van der Waals surface area contributed by atoms with Crippen LogP contribution in [-0.2, 0) is 4.79 Å². The maximum Gasteiger partial charge on any atom is 0.314 e. The van der Waals surface area contributed by atoms with E-state index in [0.29, 0.717) is 5.70 Å². The summed E-state index contributed by atoms with van der Waals surface area (Å²) >= 11 is 0. The summed E-state index contributed by atoms with van der Waals surface area (Å²) in [6.45, 7) is 12.7. The molecule has 0 bridgehead atoms. The van der Waals surface area contributed by atoms with Crippen LogP contribution < -0.4 is 0 Å². The number of hydrogen-bond donors (Lipinski definition) is 0. The van der Waals surface area contributed by atoms with Crippen LogP contribution in [0.5, 0.6) is 0 Å². The quantitative estimate of drug-likeness (QED) is 0.323. The molecule has 4 nitrogen and oxygen atoms in total. The van der Waals surface area contributed by atoms with E-state index in [0.717, 1.165) is 16.9 Å². The Morgan fingerprint density at radius 1 is 1.16 bits per heavy atom. The van der Waals surface area contributed by atoms with Crippen molar-refractivity contribution in [1.29, 1.82) is 0 Å². The molecular formula is C15H20N2O2. The van der Waals surface area contributed by atoms with Gasteiger partial charge in [0, 0.05) is 22.2 Å². The standard InChI is InChI=1S/C15H20N2O2/c1-7-10(3)9-14(8-2)13(6)16-12(5)11(4)15(18)17-19/h7-9H,2H2,1,3-6H3/b10-7-,12-11+,14-9+,16-13-. The third-order valence-corrected chi connectivity index (χ3v) is 2.76. The highest BCUT2D eigenvalue weighted by atomic mass is 16.3. The lowest BCUT2D eigenvalue weighted by Gasteiger charge is -2.04. The summed E-state index contributed by atoms with van der Waals surface area (Å²) in [5, 5.41) is 2.38. The minimum Gasteiger partial charge on any atom is -0.264 e. The van der Waals surface area contributed by atoms with Crippen molar-refractivity contribution >= 4 is 11.6 Å². The molecule has 102 valence electrons. The molecule has 1 amide bonds. The van der Waals surface area contributed by atoms with Gasteiger partial charge in [0.05, 0.1) is 0 Å². The van der Waals surface area contributed by atoms with Crippen molar-refractivity contribution in [2.24, 2.45) is 10.2 Å². The average Bonchev–Trinajstić information content (AvgIpc) is 2.41. The first-order valence-corrected chi connectivity index (χ1v) is 5.95. The SMILES string of the molecule is C=CC(=C\C(C)=C/C)/C(C)=N\C(C)=C(/C)C(=O)N=O. The highest BCUT2D eigenvalue weighted by molar-refractivity contribution is 6.02. The van der Waals surface area contributed by atoms with Crippen LogP contribution in [0.3, 0.4) is 0 Å². The normalized spacial score (nSPS) is 14.9. The molecule has 0 aliphatic rings. The topological polar surface area (TPSA) is 58.9 Å². The third kappa shape index (κ3) is 5.38. The number of nitrogens with zero attached hydrogens (tertiary/aromatic N) is 2. The molecular weight excluding hydrogens is 240 g/mol. The summed E-state index contributed by atoms with van der Waals surface area (Å²) < 4.78 is 0. The maximum absolute atomic E-state index is 11.1. The number of carbonyl (C=O) groups is 1. The first-order chi connectivity index (χ1) is 8.87. The zero-order valence-corrected chi connectivity index (χ0v) is 12.2. The number of aliphatic imine (C=N–C) groups is 1. The Morgan fingerprint density at radius 2 is 1.74 bits per heavy atom. The number of allylic oxidation sites excluding steroid dienone is 6. The molecule has 0 heterocycles. The smallest absolute Gasteiger partial charge is 0.264 e. The van der Waals surface area contributed by atoms with E-state index in [4.69, 9.17) is 0 Å². The zero-order chi connectivity index (χ0) is 15.0. The molecule has 0 aliphatic carbocycles. The molecule has 0 radical (unpaired) electrons. The van der Waals surface area contributed by atoms with Crippen molar-refractivity contribution in [2.75, 3.05) is 0 Å². The van der Waals surface area contributed by atoms with E-state index in [-0.39, 0.29) is 5.57 Å². The van der Waals surface area contributed by atoms with Gasteiger partial charge in [0.2, 0.25) is 0 Å². The Kier molecular flexibility index (Phi) is 7.19. The van der Waals surface area contributed by atoms with Crippen molar-refractivity contribution in [3.05, 3.63) is 52.1 Å². The van der Waals surface area contributed by atoms with Gasteiger partial charge in [0.25, 0.3) is 0 Å². The number of carbonyl (C=O) groups excluding carboxylic acids is 1. The number of hydrogen-bond acceptors (Lipinski definition) is 3. The van der Waals surface area contributed by atoms with E-state index >= 15 is 0 Å². The van der Waals surface area contributed by atoms with Crippen molar-refractivity contribution in [3.63, 3.8) is 0 Å². The minimum absolute atomic E-state index is 0.250. The van der Waals surface area contributed by atoms with Crippen molar-refractivity contribution in [3.8, 4) is 0 Å². The van der Waals surface area contributed by atoms with E-state index in [1.54, 1.807) is 13.0 Å². The lowest BCUT2D eigenvalue weighted by molar-refractivity contribution is -0.114. The zero-order valence-electron chi connectivity index (χ0n) is 12.2. The van der Waals surface area contributed by atoms with Crippen molar-refractivity contribution in [2.45, 2.75) is 34.6 Å². The third-order valence-electron chi connectivity index (χ3n) is 2.76. The molecule has 0 atom stereocenters. The van der Waals surface area contributed by atoms with Crippen LogP contribution in [0.15, 0.2) is 57.4 Å². The second-order valence-corrected chi connectivity index (χ2v) is 4.14. The van der Waals surface area contributed by atoms with Gasteiger partial charge in [-0.3, -0.25) is 9.79 Å². The molecule has 0 N–H and O–H groups in total. The van der Waals surface area contributed by atoms with Crippen LogP contribution in [-0.4, -0.2) is 11.6 Å². The number of amides is 1. The molecule has 0 rings (SSSR count). The summed E-state index contributed by atoms with van der Waals surface area (Å²) in [6.07, 6.45) is 5.63. The van der Waals surface area contributed by atoms with Crippen LogP contribution in [0, 0.1) is 4.91 Å². The van der Waals surface area contributed by atoms with E-state index in [2.05, 4.69) is 16.7 Å². The van der Waals surface area contributed by atoms with Gasteiger partial charge in [-0.05, 0) is 40.2 Å². The Morgan fingerprint density at radius 3 is 2.16 bits per heavy atom. The fourth-order valence-electron chi connectivity index (χ4n) is 1.26. The summed E-state index contributed by atoms with van der Waals surface area (Å²) in [5.74, 6) is -0.789. The number of rotatable bonds is 5. The van der Waals surface area contributed by atoms with Gasteiger partial charge in [-0.2, -0.15) is 0 Å². The van der Waals surface area contributed by atoms with Crippen LogP contribution >= 0.6 is 0 Å². The Labute approximate surface area is 114 Å². The summed E-state index contributed by atoms with van der Waals surface area (Å²) in [7, 11) is 0. The summed E-state index contributed by atoms with van der Waals surface area (Å²) in [6, 6.07) is 0. The maximum atomic E-state index is 11.1. The van der Waals surface area contributed by atoms with Gasteiger partial charge in [0.15, 0.2) is 0 Å². The second kappa shape index (κ2) is 8.08. The van der Waals surface area contributed by atoms with Gasteiger partial charge in [-0.1, -0.05) is 30.4 Å². The lowest BCUT2D eigenvalue weighted by atomic mass is 10.1. The Balaban J connectivity index is 5.51. The highest BCUT2D eigenvalue weighted by Crippen LogP contribution is 2.12. The van der Waals surface area contributed by atoms with Crippen molar-refractivity contribution in [1.82, 2.24) is 0 Å². The molecule has 0 saturated heterocycles. The molecule has 4 heteroatoms. The molecule has 19 heavy (non-hydrogen) atoms. The monoisotopic (exact) mass is 260 g/mol. The Hall–Kier alpha value is -2.10. The number of nitroso groups, excluding NO2 is 1. The summed E-state index contributed by atoms with van der Waals surface area (Å²) in [4.78, 5) is 25.7. The van der Waals surface area contributed by atoms with Crippen LogP contribution in [0.4, 0.5) is 0 Å². The van der Waals surface area contributed by atoms with Gasteiger partial charge in [-0.15, -0.1) is 4.91 Å². The molecule has 0 spiro atoms. The van der Waals surface area contributed by atoms with Crippen LogP contribution in [0.1, 0.15) is 34.6 Å². The molecule has 0 aliphatic heterocycles. The summed E-state index contributed by atoms with van der Waals surface area (Å²) in [5.41, 5.74) is 3.42. The largest absolute Gasteiger partial charge is 0.314 e. The fraction of sp³-hybridized carbons (Fsp3) is 0.333. The van der Waals surface area contributed by atoms with E-state index in [1.165, 1.54) is 6.92 Å². The van der Waals surface area contributed by atoms with E-state index in [9.17, 15) is 9.70 Å². The van der Waals surface area contributed by atoms with Gasteiger partial charge < -0.3 is 0 Å². The first-order valence-electron chi connectivity index (χ1n) is 5.95. The molecule has 0 aromatic carbocycles. The Bertz CT molecular complexity index is 506. The minimum atomic E-state index is -0.789. The average molecular weight is 260 g/mol. The van der Waals surface area contributed by atoms with Gasteiger partial charge >= 0.3 is 5.91 Å². The van der Waals surface area contributed by atoms with Crippen LogP contribution in [0.25, 0.3) is 0 Å². The van der Waals surface area contributed by atoms with E-state index < -0.39 is 5.91 Å². The molecule has 0 aromatic rings.